The quantitative estimate of drug-likeness (QED) is 0.802. The molecule has 6 nitrogen and oxygen atoms in total. The minimum absolute atomic E-state index is 0.291. The molecule has 2 heterocycles. The standard InChI is InChI=1S/C14H9N3O3/c18-12(9-5-7-15-8-6-9)16-17-13(19)10-3-1-2-4-11(10)14(17)20/h1-8H,(H,16,18)/p+1. The fourth-order valence-corrected chi connectivity index (χ4v) is 2.00. The van der Waals surface area contributed by atoms with E-state index in [1.54, 1.807) is 48.8 Å². The third kappa shape index (κ3) is 1.83. The van der Waals surface area contributed by atoms with E-state index in [1.807, 2.05) is 0 Å². The van der Waals surface area contributed by atoms with Gasteiger partial charge in [0.25, 0.3) is 17.7 Å². The molecule has 20 heavy (non-hydrogen) atoms. The molecule has 0 aliphatic carbocycles. The summed E-state index contributed by atoms with van der Waals surface area (Å²) in [6, 6.07) is 9.55. The number of fused-ring (bicyclic) bond motifs is 1. The van der Waals surface area contributed by atoms with Crippen LogP contribution in [0, 0.1) is 0 Å². The maximum atomic E-state index is 12.1. The van der Waals surface area contributed by atoms with Crippen LogP contribution >= 0.6 is 0 Å². The first-order valence-electron chi connectivity index (χ1n) is 5.93. The number of aromatic amines is 1. The van der Waals surface area contributed by atoms with E-state index < -0.39 is 17.7 Å². The molecule has 1 aliphatic heterocycles. The summed E-state index contributed by atoms with van der Waals surface area (Å²) in [5, 5.41) is 0.740. The zero-order valence-electron chi connectivity index (χ0n) is 10.3. The number of carbonyl (C=O) groups is 3. The zero-order valence-corrected chi connectivity index (χ0v) is 10.3. The number of hydrogen-bond donors (Lipinski definition) is 1. The van der Waals surface area contributed by atoms with Crippen LogP contribution in [0.4, 0.5) is 0 Å². The number of imide groups is 1. The van der Waals surface area contributed by atoms with Crippen molar-refractivity contribution in [2.24, 2.45) is 0 Å². The first-order valence-corrected chi connectivity index (χ1v) is 5.93. The summed E-state index contributed by atoms with van der Waals surface area (Å²) < 4.78 is 0. The highest BCUT2D eigenvalue weighted by molar-refractivity contribution is 6.22. The van der Waals surface area contributed by atoms with Crippen LogP contribution in [-0.4, -0.2) is 22.7 Å². The zero-order chi connectivity index (χ0) is 14.1. The molecule has 3 amide bonds. The molecule has 1 aromatic heterocycles. The lowest BCUT2D eigenvalue weighted by atomic mass is 10.1. The van der Waals surface area contributed by atoms with Gasteiger partial charge in [-0.3, -0.25) is 19.8 Å². The van der Waals surface area contributed by atoms with Gasteiger partial charge in [0.05, 0.1) is 16.7 Å². The maximum Gasteiger partial charge on any atom is 0.280 e. The number of nitrogens with one attached hydrogen (secondary N) is 2. The highest BCUT2D eigenvalue weighted by Crippen LogP contribution is 2.20. The van der Waals surface area contributed by atoms with Crippen molar-refractivity contribution in [2.45, 2.75) is 0 Å². The maximum absolute atomic E-state index is 12.1. The van der Waals surface area contributed by atoms with Crippen molar-refractivity contribution < 1.29 is 19.4 Å². The van der Waals surface area contributed by atoms with Crippen molar-refractivity contribution in [1.29, 1.82) is 0 Å². The van der Waals surface area contributed by atoms with Crippen LogP contribution in [0.2, 0.25) is 0 Å². The van der Waals surface area contributed by atoms with Gasteiger partial charge in [-0.15, -0.1) is 0 Å². The van der Waals surface area contributed by atoms with Gasteiger partial charge in [0.1, 0.15) is 0 Å². The van der Waals surface area contributed by atoms with E-state index >= 15 is 0 Å². The highest BCUT2D eigenvalue weighted by atomic mass is 16.2. The van der Waals surface area contributed by atoms with Gasteiger partial charge in [-0.25, -0.2) is 4.98 Å². The van der Waals surface area contributed by atoms with Crippen molar-refractivity contribution >= 4 is 17.7 Å². The Balaban J connectivity index is 1.86. The van der Waals surface area contributed by atoms with E-state index in [-0.39, 0.29) is 0 Å². The minimum atomic E-state index is -0.526. The molecule has 1 aliphatic rings. The number of hydrogen-bond acceptors (Lipinski definition) is 3. The third-order valence-electron chi connectivity index (χ3n) is 2.99. The molecule has 0 unspecified atom stereocenters. The fraction of sp³-hybridized carbons (Fsp3) is 0. The number of hydrazine groups is 1. The van der Waals surface area contributed by atoms with Gasteiger partial charge >= 0.3 is 0 Å². The van der Waals surface area contributed by atoms with Crippen LogP contribution in [0.3, 0.4) is 0 Å². The van der Waals surface area contributed by atoms with Crippen molar-refractivity contribution in [3.05, 3.63) is 65.5 Å². The Bertz CT molecular complexity index is 678. The molecule has 2 N–H and O–H groups in total. The Labute approximate surface area is 114 Å². The van der Waals surface area contributed by atoms with Crippen molar-refractivity contribution in [3.8, 4) is 0 Å². The number of aromatic nitrogens is 1. The van der Waals surface area contributed by atoms with Crippen LogP contribution in [-0.2, 0) is 0 Å². The normalized spacial score (nSPS) is 13.3. The summed E-state index contributed by atoms with van der Waals surface area (Å²) in [5.74, 6) is -1.57. The van der Waals surface area contributed by atoms with Crippen molar-refractivity contribution in [2.75, 3.05) is 0 Å². The minimum Gasteiger partial charge on any atom is -0.267 e. The van der Waals surface area contributed by atoms with E-state index in [1.165, 1.54) is 0 Å². The van der Waals surface area contributed by atoms with E-state index in [2.05, 4.69) is 10.4 Å². The molecule has 0 saturated heterocycles. The summed E-state index contributed by atoms with van der Waals surface area (Å²) in [5.41, 5.74) is 3.25. The first-order chi connectivity index (χ1) is 9.68. The van der Waals surface area contributed by atoms with Crippen LogP contribution < -0.4 is 10.4 Å². The molecule has 0 bridgehead atoms. The van der Waals surface area contributed by atoms with Gasteiger partial charge in [-0.05, 0) is 12.1 Å². The van der Waals surface area contributed by atoms with Gasteiger partial charge in [0.2, 0.25) is 0 Å². The SMILES string of the molecule is O=C(NN1C(=O)c2ccccc2C1=O)c1cc[nH+]cc1. The molecule has 0 spiro atoms. The Morgan fingerprint density at radius 2 is 1.50 bits per heavy atom. The van der Waals surface area contributed by atoms with E-state index in [9.17, 15) is 14.4 Å². The number of H-pyrrole nitrogens is 1. The average molecular weight is 268 g/mol. The molecule has 98 valence electrons. The third-order valence-corrected chi connectivity index (χ3v) is 2.99. The molecule has 0 fully saturated rings. The van der Waals surface area contributed by atoms with E-state index in [0.29, 0.717) is 16.7 Å². The molecule has 0 radical (unpaired) electrons. The lowest BCUT2D eigenvalue weighted by Gasteiger charge is -2.14. The molecule has 2 aromatic rings. The predicted molar refractivity (Wildman–Crippen MR) is 67.4 cm³/mol. The fourth-order valence-electron chi connectivity index (χ4n) is 2.00. The molecular weight excluding hydrogens is 258 g/mol. The van der Waals surface area contributed by atoms with Gasteiger partial charge < -0.3 is 0 Å². The van der Waals surface area contributed by atoms with Gasteiger partial charge in [-0.2, -0.15) is 5.01 Å². The van der Waals surface area contributed by atoms with Crippen LogP contribution in [0.1, 0.15) is 31.1 Å². The topological polar surface area (TPSA) is 80.6 Å². The van der Waals surface area contributed by atoms with Crippen molar-refractivity contribution in [3.63, 3.8) is 0 Å². The second-order valence-corrected chi connectivity index (χ2v) is 4.22. The number of amides is 3. The monoisotopic (exact) mass is 268 g/mol. The smallest absolute Gasteiger partial charge is 0.267 e. The Hall–Kier alpha value is -3.02. The number of rotatable bonds is 2. The summed E-state index contributed by atoms with van der Waals surface area (Å²) in [4.78, 5) is 38.9. The van der Waals surface area contributed by atoms with Gasteiger partial charge in [0, 0.05) is 12.1 Å². The summed E-state index contributed by atoms with van der Waals surface area (Å²) in [6.45, 7) is 0. The van der Waals surface area contributed by atoms with Gasteiger partial charge in [-0.1, -0.05) is 12.1 Å². The summed E-state index contributed by atoms with van der Waals surface area (Å²) in [6.07, 6.45) is 3.16. The Kier molecular flexibility index (Phi) is 2.76. The number of nitrogens with zero attached hydrogens (tertiary/aromatic N) is 1. The second kappa shape index (κ2) is 4.58. The molecule has 1 aromatic carbocycles. The van der Waals surface area contributed by atoms with E-state index in [4.69, 9.17) is 0 Å². The van der Waals surface area contributed by atoms with E-state index in [0.717, 1.165) is 5.01 Å². The predicted octanol–water partition coefficient (Wildman–Crippen LogP) is 0.442. The van der Waals surface area contributed by atoms with Crippen LogP contribution in [0.15, 0.2) is 48.8 Å². The average Bonchev–Trinajstić information content (AvgIpc) is 2.74. The highest BCUT2D eigenvalue weighted by Gasteiger charge is 2.36. The molecular formula is C14H10N3O3+. The Morgan fingerprint density at radius 1 is 0.950 bits per heavy atom. The van der Waals surface area contributed by atoms with Crippen LogP contribution in [0.5, 0.6) is 0 Å². The lowest BCUT2D eigenvalue weighted by Crippen LogP contribution is -2.45. The lowest BCUT2D eigenvalue weighted by molar-refractivity contribution is -0.378. The number of carbonyl (C=O) groups excluding carboxylic acids is 3. The van der Waals surface area contributed by atoms with Crippen LogP contribution in [0.25, 0.3) is 0 Å². The molecule has 0 saturated carbocycles. The molecule has 0 atom stereocenters. The Morgan fingerprint density at radius 3 is 2.05 bits per heavy atom. The molecule has 6 heteroatoms. The summed E-state index contributed by atoms with van der Waals surface area (Å²) >= 11 is 0. The largest absolute Gasteiger partial charge is 0.280 e. The first kappa shape index (κ1) is 12.0. The van der Waals surface area contributed by atoms with Gasteiger partial charge in [0.15, 0.2) is 12.4 Å². The number of benzene rings is 1. The number of pyridine rings is 1. The second-order valence-electron chi connectivity index (χ2n) is 4.22. The van der Waals surface area contributed by atoms with Crippen molar-refractivity contribution in [1.82, 2.24) is 10.4 Å². The molecule has 3 rings (SSSR count). The summed E-state index contributed by atoms with van der Waals surface area (Å²) in [7, 11) is 0.